The van der Waals surface area contributed by atoms with Crippen LogP contribution in [0.3, 0.4) is 0 Å². The van der Waals surface area contributed by atoms with Crippen LogP contribution >= 0.6 is 24.0 Å². The molecule has 0 bridgehead atoms. The number of nitriles is 1. The van der Waals surface area contributed by atoms with E-state index in [0.29, 0.717) is 23.2 Å². The van der Waals surface area contributed by atoms with Crippen molar-refractivity contribution < 1.29 is 22.3 Å². The van der Waals surface area contributed by atoms with E-state index >= 15 is 0 Å². The van der Waals surface area contributed by atoms with E-state index in [4.69, 9.17) is 22.2 Å². The number of rotatable bonds is 3. The van der Waals surface area contributed by atoms with Gasteiger partial charge in [0.1, 0.15) is 21.7 Å². The maximum Gasteiger partial charge on any atom is 0.180 e. The molecular formula is C16H10F4N2OS2. The molecule has 130 valence electrons. The fourth-order valence-corrected chi connectivity index (χ4v) is 3.00. The molecule has 2 aromatic rings. The third-order valence-electron chi connectivity index (χ3n) is 3.26. The van der Waals surface area contributed by atoms with E-state index in [1.807, 2.05) is 0 Å². The Kier molecular flexibility index (Phi) is 5.87. The molecule has 2 aromatic carbocycles. The molecule has 0 aliphatic carbocycles. The number of hydrogen-bond acceptors (Lipinski definition) is 4. The zero-order valence-electron chi connectivity index (χ0n) is 12.9. The van der Waals surface area contributed by atoms with Crippen molar-refractivity contribution in [2.24, 2.45) is 0 Å². The first-order valence-corrected chi connectivity index (χ1v) is 7.89. The fourth-order valence-electron chi connectivity index (χ4n) is 1.87. The van der Waals surface area contributed by atoms with Crippen molar-refractivity contribution in [2.75, 3.05) is 19.1 Å². The van der Waals surface area contributed by atoms with Crippen molar-refractivity contribution in [2.45, 2.75) is 4.90 Å². The molecule has 3 nitrogen and oxygen atoms in total. The average Bonchev–Trinajstić information content (AvgIpc) is 2.63. The van der Waals surface area contributed by atoms with Crippen LogP contribution in [0.1, 0.15) is 5.56 Å². The Labute approximate surface area is 150 Å². The highest BCUT2D eigenvalue weighted by molar-refractivity contribution is 8.23. The van der Waals surface area contributed by atoms with Gasteiger partial charge in [-0.1, -0.05) is 24.0 Å². The number of hydrogen-bond donors (Lipinski definition) is 0. The number of thiocarbonyl (C=S) groups is 1. The summed E-state index contributed by atoms with van der Waals surface area (Å²) in [6.45, 7) is 0. The molecule has 0 heterocycles. The third kappa shape index (κ3) is 3.70. The Morgan fingerprint density at radius 1 is 1.08 bits per heavy atom. The minimum Gasteiger partial charge on any atom is -0.497 e. The molecule has 0 saturated carbocycles. The SMILES string of the molecule is COc1ccc(N(C)C(=S)Sc2c(F)c(F)c(C#N)c(F)c2F)cc1. The minimum atomic E-state index is -1.75. The van der Waals surface area contributed by atoms with Gasteiger partial charge in [0.25, 0.3) is 0 Å². The zero-order chi connectivity index (χ0) is 18.7. The monoisotopic (exact) mass is 386 g/mol. The Morgan fingerprint density at radius 2 is 1.60 bits per heavy atom. The molecule has 0 fully saturated rings. The van der Waals surface area contributed by atoms with Gasteiger partial charge in [-0.3, -0.25) is 0 Å². The molecule has 0 saturated heterocycles. The van der Waals surface area contributed by atoms with Crippen LogP contribution in [0.25, 0.3) is 0 Å². The van der Waals surface area contributed by atoms with Crippen LogP contribution in [-0.2, 0) is 0 Å². The summed E-state index contributed by atoms with van der Waals surface area (Å²) < 4.78 is 60.2. The lowest BCUT2D eigenvalue weighted by Crippen LogP contribution is -2.22. The molecule has 0 amide bonds. The zero-order valence-corrected chi connectivity index (χ0v) is 14.6. The van der Waals surface area contributed by atoms with Crippen molar-refractivity contribution >= 4 is 34.0 Å². The van der Waals surface area contributed by atoms with Gasteiger partial charge in [-0.25, -0.2) is 17.6 Å². The summed E-state index contributed by atoms with van der Waals surface area (Å²) in [4.78, 5) is 0.464. The predicted octanol–water partition coefficient (Wildman–Crippen LogP) is 4.64. The highest BCUT2D eigenvalue weighted by atomic mass is 32.2. The molecule has 25 heavy (non-hydrogen) atoms. The van der Waals surface area contributed by atoms with Crippen LogP contribution in [-0.4, -0.2) is 18.5 Å². The Hall–Kier alpha value is -2.31. The van der Waals surface area contributed by atoms with Crippen LogP contribution in [0.5, 0.6) is 5.75 Å². The Morgan fingerprint density at radius 3 is 2.04 bits per heavy atom. The second-order valence-corrected chi connectivity index (χ2v) is 6.34. The van der Waals surface area contributed by atoms with Gasteiger partial charge in [0, 0.05) is 12.7 Å². The number of nitrogens with zero attached hydrogens (tertiary/aromatic N) is 2. The summed E-state index contributed by atoms with van der Waals surface area (Å²) in [6.07, 6.45) is 0. The van der Waals surface area contributed by atoms with E-state index in [2.05, 4.69) is 0 Å². The van der Waals surface area contributed by atoms with E-state index in [9.17, 15) is 17.6 Å². The van der Waals surface area contributed by atoms with Crippen LogP contribution in [0.4, 0.5) is 23.2 Å². The molecule has 0 unspecified atom stereocenters. The third-order valence-corrected chi connectivity index (χ3v) is 4.79. The maximum atomic E-state index is 14.0. The second-order valence-electron chi connectivity index (χ2n) is 4.70. The lowest BCUT2D eigenvalue weighted by atomic mass is 10.2. The standard InChI is InChI=1S/C16H10F4N2OS2/c1-22(8-3-5-9(23-2)6-4-8)16(24)25-15-13(19)11(17)10(7-21)12(18)14(15)20/h3-6H,1-2H3. The summed E-state index contributed by atoms with van der Waals surface area (Å²) in [6, 6.07) is 7.70. The Bertz CT molecular complexity index is 837. The summed E-state index contributed by atoms with van der Waals surface area (Å²) in [5.41, 5.74) is -0.734. The molecular weight excluding hydrogens is 376 g/mol. The molecule has 2 rings (SSSR count). The van der Waals surface area contributed by atoms with E-state index in [0.717, 1.165) is 6.07 Å². The summed E-state index contributed by atoms with van der Waals surface area (Å²) in [5.74, 6) is -6.22. The number of anilines is 1. The number of ether oxygens (including phenoxy) is 1. The van der Waals surface area contributed by atoms with E-state index < -0.39 is 33.7 Å². The van der Waals surface area contributed by atoms with Crippen molar-refractivity contribution in [1.82, 2.24) is 0 Å². The van der Waals surface area contributed by atoms with Gasteiger partial charge >= 0.3 is 0 Å². The molecule has 0 aliphatic rings. The number of thioether (sulfide) groups is 1. The second kappa shape index (κ2) is 7.72. The number of benzene rings is 2. The van der Waals surface area contributed by atoms with Crippen molar-refractivity contribution in [3.05, 3.63) is 53.1 Å². The molecule has 0 aliphatic heterocycles. The van der Waals surface area contributed by atoms with Gasteiger partial charge < -0.3 is 9.64 Å². The Balaban J connectivity index is 2.33. The lowest BCUT2D eigenvalue weighted by molar-refractivity contribution is 0.415. The number of halogens is 4. The van der Waals surface area contributed by atoms with Crippen molar-refractivity contribution in [3.8, 4) is 11.8 Å². The first-order chi connectivity index (χ1) is 11.8. The van der Waals surface area contributed by atoms with Gasteiger partial charge in [-0.2, -0.15) is 5.26 Å². The smallest absolute Gasteiger partial charge is 0.180 e. The van der Waals surface area contributed by atoms with Gasteiger partial charge in [-0.05, 0) is 24.3 Å². The van der Waals surface area contributed by atoms with Crippen LogP contribution in [0, 0.1) is 34.6 Å². The van der Waals surface area contributed by atoms with Gasteiger partial charge in [0.2, 0.25) is 0 Å². The quantitative estimate of drug-likeness (QED) is 0.333. The summed E-state index contributed by atoms with van der Waals surface area (Å²) in [7, 11) is 3.03. The van der Waals surface area contributed by atoms with Crippen LogP contribution in [0.15, 0.2) is 29.2 Å². The average molecular weight is 386 g/mol. The normalized spacial score (nSPS) is 10.3. The minimum absolute atomic E-state index is 0.0496. The van der Waals surface area contributed by atoms with Gasteiger partial charge in [-0.15, -0.1) is 0 Å². The predicted molar refractivity (Wildman–Crippen MR) is 90.8 cm³/mol. The van der Waals surface area contributed by atoms with Crippen molar-refractivity contribution in [3.63, 3.8) is 0 Å². The topological polar surface area (TPSA) is 36.3 Å². The molecule has 0 N–H and O–H groups in total. The molecule has 9 heteroatoms. The van der Waals surface area contributed by atoms with E-state index in [-0.39, 0.29) is 4.32 Å². The highest BCUT2D eigenvalue weighted by Gasteiger charge is 2.27. The van der Waals surface area contributed by atoms with Gasteiger partial charge in [0.15, 0.2) is 23.3 Å². The lowest BCUT2D eigenvalue weighted by Gasteiger charge is -2.20. The van der Waals surface area contributed by atoms with E-state index in [1.165, 1.54) is 19.1 Å². The van der Waals surface area contributed by atoms with Crippen LogP contribution in [0.2, 0.25) is 0 Å². The highest BCUT2D eigenvalue weighted by Crippen LogP contribution is 2.33. The summed E-state index contributed by atoms with van der Waals surface area (Å²) >= 11 is 5.43. The van der Waals surface area contributed by atoms with Gasteiger partial charge in [0.05, 0.1) is 12.0 Å². The van der Waals surface area contributed by atoms with E-state index in [1.54, 1.807) is 24.3 Å². The van der Waals surface area contributed by atoms with Crippen LogP contribution < -0.4 is 9.64 Å². The van der Waals surface area contributed by atoms with Crippen molar-refractivity contribution in [1.29, 1.82) is 5.26 Å². The molecule has 0 spiro atoms. The number of methoxy groups -OCH3 is 1. The molecule has 0 aromatic heterocycles. The first-order valence-electron chi connectivity index (χ1n) is 6.67. The maximum absolute atomic E-state index is 14.0. The molecule has 0 atom stereocenters. The summed E-state index contributed by atoms with van der Waals surface area (Å²) in [5, 5.41) is 8.59. The largest absolute Gasteiger partial charge is 0.497 e. The fraction of sp³-hybridized carbons (Fsp3) is 0.125. The molecule has 0 radical (unpaired) electrons. The first kappa shape index (κ1) is 19.0.